The molecule has 4 heteroatoms. The topological polar surface area (TPSA) is 38.5 Å². The normalized spacial score (nSPS) is 23.8. The third-order valence-corrected chi connectivity index (χ3v) is 4.32. The minimum Gasteiger partial charge on any atom is -0.377 e. The fourth-order valence-corrected chi connectivity index (χ4v) is 3.42. The van der Waals surface area contributed by atoms with E-state index in [1.807, 2.05) is 0 Å². The Hall–Kier alpha value is -0.420. The zero-order chi connectivity index (χ0) is 12.1. The Labute approximate surface area is 108 Å². The number of ether oxygens (including phenoxy) is 1. The molecule has 1 aliphatic rings. The van der Waals surface area contributed by atoms with E-state index in [-0.39, 0.29) is 0 Å². The van der Waals surface area contributed by atoms with Crippen LogP contribution in [0.1, 0.15) is 30.7 Å². The van der Waals surface area contributed by atoms with E-state index in [1.165, 1.54) is 17.7 Å². The summed E-state index contributed by atoms with van der Waals surface area (Å²) >= 11 is 1.80. The van der Waals surface area contributed by atoms with Crippen molar-refractivity contribution in [2.45, 2.75) is 31.9 Å². The Morgan fingerprint density at radius 3 is 3.18 bits per heavy atom. The van der Waals surface area contributed by atoms with Crippen LogP contribution in [-0.2, 0) is 4.74 Å². The van der Waals surface area contributed by atoms with E-state index < -0.39 is 0 Å². The van der Waals surface area contributed by atoms with Crippen molar-refractivity contribution in [1.29, 1.82) is 0 Å². The molecule has 2 N–H and O–H groups in total. The minimum atomic E-state index is 0.373. The van der Waals surface area contributed by atoms with Crippen LogP contribution in [0.4, 0.5) is 0 Å². The zero-order valence-corrected chi connectivity index (χ0v) is 11.3. The molecule has 0 saturated carbocycles. The molecule has 96 valence electrons. The summed E-state index contributed by atoms with van der Waals surface area (Å²) in [6.07, 6.45) is 2.79. The summed E-state index contributed by atoms with van der Waals surface area (Å²) in [5, 5.41) is 2.13. The number of thiophene rings is 1. The highest BCUT2D eigenvalue weighted by molar-refractivity contribution is 7.10. The van der Waals surface area contributed by atoms with Crippen molar-refractivity contribution in [3.8, 4) is 0 Å². The van der Waals surface area contributed by atoms with E-state index in [9.17, 15) is 0 Å². The monoisotopic (exact) mass is 254 g/mol. The summed E-state index contributed by atoms with van der Waals surface area (Å²) in [6.45, 7) is 5.74. The molecule has 2 unspecified atom stereocenters. The van der Waals surface area contributed by atoms with E-state index >= 15 is 0 Å². The lowest BCUT2D eigenvalue weighted by Gasteiger charge is -2.37. The van der Waals surface area contributed by atoms with Gasteiger partial charge in [0, 0.05) is 24.6 Å². The van der Waals surface area contributed by atoms with E-state index in [4.69, 9.17) is 10.5 Å². The van der Waals surface area contributed by atoms with Crippen molar-refractivity contribution in [3.63, 3.8) is 0 Å². The van der Waals surface area contributed by atoms with E-state index in [2.05, 4.69) is 29.3 Å². The zero-order valence-electron chi connectivity index (χ0n) is 10.5. The Morgan fingerprint density at radius 1 is 1.65 bits per heavy atom. The number of rotatable bonds is 5. The van der Waals surface area contributed by atoms with Crippen LogP contribution in [0.3, 0.4) is 0 Å². The lowest BCUT2D eigenvalue weighted by atomic mass is 10.0. The van der Waals surface area contributed by atoms with Gasteiger partial charge < -0.3 is 10.5 Å². The molecule has 2 heterocycles. The van der Waals surface area contributed by atoms with Crippen LogP contribution in [0.2, 0.25) is 0 Å². The van der Waals surface area contributed by atoms with Crippen molar-refractivity contribution in [2.24, 2.45) is 5.73 Å². The molecule has 1 aromatic heterocycles. The van der Waals surface area contributed by atoms with Crippen molar-refractivity contribution < 1.29 is 4.74 Å². The first kappa shape index (κ1) is 13.0. The van der Waals surface area contributed by atoms with Gasteiger partial charge in [-0.05, 0) is 37.8 Å². The number of likely N-dealkylation sites (tertiary alicyclic amines) is 1. The van der Waals surface area contributed by atoms with Gasteiger partial charge in [-0.15, -0.1) is 11.3 Å². The van der Waals surface area contributed by atoms with Gasteiger partial charge in [0.05, 0.1) is 12.1 Å². The van der Waals surface area contributed by atoms with Crippen molar-refractivity contribution >= 4 is 11.3 Å². The highest BCUT2D eigenvalue weighted by atomic mass is 32.1. The second-order valence-corrected chi connectivity index (χ2v) is 5.46. The average molecular weight is 254 g/mol. The summed E-state index contributed by atoms with van der Waals surface area (Å²) in [6, 6.07) is 4.66. The highest BCUT2D eigenvalue weighted by Crippen LogP contribution is 2.27. The molecule has 0 aliphatic carbocycles. The van der Waals surface area contributed by atoms with Crippen molar-refractivity contribution in [2.75, 3.05) is 26.2 Å². The maximum atomic E-state index is 5.94. The molecule has 1 aliphatic heterocycles. The minimum absolute atomic E-state index is 0.373. The van der Waals surface area contributed by atoms with Gasteiger partial charge in [0.2, 0.25) is 0 Å². The van der Waals surface area contributed by atoms with Gasteiger partial charge in [-0.2, -0.15) is 0 Å². The fraction of sp³-hybridized carbons (Fsp3) is 0.692. The number of nitrogens with two attached hydrogens (primary N) is 1. The highest BCUT2D eigenvalue weighted by Gasteiger charge is 2.26. The van der Waals surface area contributed by atoms with Crippen LogP contribution in [-0.4, -0.2) is 37.2 Å². The first-order valence-corrected chi connectivity index (χ1v) is 7.32. The number of hydrogen-bond donors (Lipinski definition) is 1. The lowest BCUT2D eigenvalue weighted by Crippen LogP contribution is -2.43. The Morgan fingerprint density at radius 2 is 2.53 bits per heavy atom. The largest absolute Gasteiger partial charge is 0.377 e. The van der Waals surface area contributed by atoms with E-state index in [1.54, 1.807) is 11.3 Å². The quantitative estimate of drug-likeness (QED) is 0.876. The molecular weight excluding hydrogens is 232 g/mol. The molecule has 0 radical (unpaired) electrons. The van der Waals surface area contributed by atoms with Gasteiger partial charge in [-0.3, -0.25) is 4.90 Å². The predicted molar refractivity (Wildman–Crippen MR) is 72.3 cm³/mol. The Balaban J connectivity index is 1.99. The summed E-state index contributed by atoms with van der Waals surface area (Å²) < 4.78 is 5.75. The van der Waals surface area contributed by atoms with E-state index in [0.717, 1.165) is 19.7 Å². The molecule has 0 amide bonds. The molecule has 1 fully saturated rings. The lowest BCUT2D eigenvalue weighted by molar-refractivity contribution is -0.00615. The van der Waals surface area contributed by atoms with Crippen LogP contribution in [0.5, 0.6) is 0 Å². The second kappa shape index (κ2) is 6.50. The summed E-state index contributed by atoms with van der Waals surface area (Å²) in [5.41, 5.74) is 5.94. The molecule has 0 spiro atoms. The van der Waals surface area contributed by atoms with Gasteiger partial charge in [-0.1, -0.05) is 6.07 Å². The van der Waals surface area contributed by atoms with Crippen LogP contribution in [0.15, 0.2) is 17.5 Å². The molecule has 1 aromatic rings. The van der Waals surface area contributed by atoms with Gasteiger partial charge >= 0.3 is 0 Å². The smallest absolute Gasteiger partial charge is 0.0702 e. The number of hydrogen-bond acceptors (Lipinski definition) is 4. The van der Waals surface area contributed by atoms with E-state index in [0.29, 0.717) is 18.7 Å². The van der Waals surface area contributed by atoms with Crippen LogP contribution < -0.4 is 5.73 Å². The first-order chi connectivity index (χ1) is 8.35. The van der Waals surface area contributed by atoms with Crippen molar-refractivity contribution in [3.05, 3.63) is 22.4 Å². The maximum Gasteiger partial charge on any atom is 0.0702 e. The van der Waals surface area contributed by atoms with Gasteiger partial charge in [0.1, 0.15) is 0 Å². The predicted octanol–water partition coefficient (Wildman–Crippen LogP) is 2.25. The standard InChI is InChI=1S/C13H22N2OS/c1-2-16-11-5-3-7-15(10-11)12(9-14)13-6-4-8-17-13/h4,6,8,11-12H,2-3,5,7,9-10,14H2,1H3. The van der Waals surface area contributed by atoms with Gasteiger partial charge in [-0.25, -0.2) is 0 Å². The van der Waals surface area contributed by atoms with Crippen molar-refractivity contribution in [1.82, 2.24) is 4.90 Å². The third-order valence-electron chi connectivity index (χ3n) is 3.35. The second-order valence-electron chi connectivity index (χ2n) is 4.48. The van der Waals surface area contributed by atoms with Crippen LogP contribution in [0.25, 0.3) is 0 Å². The Bertz CT molecular complexity index is 313. The van der Waals surface area contributed by atoms with Gasteiger partial charge in [0.15, 0.2) is 0 Å². The SMILES string of the molecule is CCOC1CCCN(C(CN)c2cccs2)C1. The molecule has 0 aromatic carbocycles. The number of nitrogens with zero attached hydrogens (tertiary/aromatic N) is 1. The molecule has 1 saturated heterocycles. The fourth-order valence-electron chi connectivity index (χ4n) is 2.55. The summed E-state index contributed by atoms with van der Waals surface area (Å²) in [5.74, 6) is 0. The molecule has 3 nitrogen and oxygen atoms in total. The van der Waals surface area contributed by atoms with Crippen LogP contribution >= 0.6 is 11.3 Å². The maximum absolute atomic E-state index is 5.94. The molecule has 2 rings (SSSR count). The molecule has 0 bridgehead atoms. The van der Waals surface area contributed by atoms with Gasteiger partial charge in [0.25, 0.3) is 0 Å². The average Bonchev–Trinajstić information content (AvgIpc) is 2.85. The van der Waals surface area contributed by atoms with Crippen LogP contribution in [0, 0.1) is 0 Å². The summed E-state index contributed by atoms with van der Waals surface area (Å²) in [7, 11) is 0. The summed E-state index contributed by atoms with van der Waals surface area (Å²) in [4.78, 5) is 3.86. The number of piperidine rings is 1. The molecule has 2 atom stereocenters. The Kier molecular flexibility index (Phi) is 4.98. The first-order valence-electron chi connectivity index (χ1n) is 6.44. The molecule has 17 heavy (non-hydrogen) atoms. The molecular formula is C13H22N2OS. The third kappa shape index (κ3) is 3.28.